The minimum Gasteiger partial charge on any atom is -0.392 e. The lowest BCUT2D eigenvalue weighted by Gasteiger charge is -2.05. The Morgan fingerprint density at radius 3 is 2.82 bits per heavy atom. The quantitative estimate of drug-likeness (QED) is 0.847. The van der Waals surface area contributed by atoms with Crippen LogP contribution in [0.1, 0.15) is 36.7 Å². The van der Waals surface area contributed by atoms with Gasteiger partial charge >= 0.3 is 0 Å². The Hall–Kier alpha value is -2.28. The molecule has 1 aromatic carbocycles. The average molecular weight is 306 g/mol. The highest BCUT2D eigenvalue weighted by Gasteiger charge is 2.18. The standard InChI is InChI=1S/C15H19FN4O2/c1-3-6-13-18-14(15(22)17-9-10(2)21)19-20(13)12-8-5-4-7-11(12)16/h4-5,7-8,10,21H,3,6,9H2,1-2H3,(H,17,22). The fourth-order valence-electron chi connectivity index (χ4n) is 1.96. The molecule has 1 amide bonds. The summed E-state index contributed by atoms with van der Waals surface area (Å²) in [5.41, 5.74) is 0.257. The zero-order valence-corrected chi connectivity index (χ0v) is 12.6. The van der Waals surface area contributed by atoms with Crippen molar-refractivity contribution < 1.29 is 14.3 Å². The fourth-order valence-corrected chi connectivity index (χ4v) is 1.96. The molecule has 1 aromatic heterocycles. The maximum atomic E-state index is 13.9. The Kier molecular flexibility index (Phi) is 5.21. The molecule has 0 radical (unpaired) electrons. The minimum absolute atomic E-state index is 0.0349. The number of aliphatic hydroxyl groups excluding tert-OH is 1. The second kappa shape index (κ2) is 7.13. The number of amides is 1. The molecule has 1 heterocycles. The van der Waals surface area contributed by atoms with Crippen molar-refractivity contribution in [2.45, 2.75) is 32.8 Å². The van der Waals surface area contributed by atoms with Crippen molar-refractivity contribution in [2.75, 3.05) is 6.54 Å². The lowest BCUT2D eigenvalue weighted by molar-refractivity contribution is 0.0913. The predicted octanol–water partition coefficient (Wildman–Crippen LogP) is 1.47. The smallest absolute Gasteiger partial charge is 0.291 e. The van der Waals surface area contributed by atoms with E-state index in [1.54, 1.807) is 25.1 Å². The second-order valence-electron chi connectivity index (χ2n) is 5.02. The number of aliphatic hydroxyl groups is 1. The van der Waals surface area contributed by atoms with Gasteiger partial charge in [0.15, 0.2) is 0 Å². The molecule has 6 nitrogen and oxygen atoms in total. The van der Waals surface area contributed by atoms with Crippen molar-refractivity contribution in [3.05, 3.63) is 41.7 Å². The highest BCUT2D eigenvalue weighted by Crippen LogP contribution is 2.15. The molecule has 118 valence electrons. The lowest BCUT2D eigenvalue weighted by atomic mass is 10.3. The zero-order chi connectivity index (χ0) is 16.1. The number of benzene rings is 1. The van der Waals surface area contributed by atoms with Crippen molar-refractivity contribution in [2.24, 2.45) is 0 Å². The highest BCUT2D eigenvalue weighted by atomic mass is 19.1. The van der Waals surface area contributed by atoms with Crippen LogP contribution in [0.2, 0.25) is 0 Å². The molecule has 0 aliphatic carbocycles. The number of carbonyl (C=O) groups is 1. The summed E-state index contributed by atoms with van der Waals surface area (Å²) in [6.45, 7) is 3.64. The Balaban J connectivity index is 2.34. The fraction of sp³-hybridized carbons (Fsp3) is 0.400. The third kappa shape index (κ3) is 3.67. The van der Waals surface area contributed by atoms with E-state index in [2.05, 4.69) is 15.4 Å². The van der Waals surface area contributed by atoms with E-state index in [4.69, 9.17) is 0 Å². The molecule has 1 unspecified atom stereocenters. The molecule has 0 aliphatic heterocycles. The molecule has 0 saturated carbocycles. The number of nitrogens with one attached hydrogen (secondary N) is 1. The number of hydrogen-bond acceptors (Lipinski definition) is 4. The minimum atomic E-state index is -0.660. The van der Waals surface area contributed by atoms with E-state index in [0.29, 0.717) is 12.2 Å². The molecule has 2 N–H and O–H groups in total. The van der Waals surface area contributed by atoms with E-state index in [-0.39, 0.29) is 18.1 Å². The number of carbonyl (C=O) groups excluding carboxylic acids is 1. The number of hydrogen-bond donors (Lipinski definition) is 2. The molecule has 7 heteroatoms. The van der Waals surface area contributed by atoms with Crippen LogP contribution in [0.5, 0.6) is 0 Å². The molecule has 0 spiro atoms. The summed E-state index contributed by atoms with van der Waals surface area (Å²) >= 11 is 0. The van der Waals surface area contributed by atoms with Crippen LogP contribution in [0.25, 0.3) is 5.69 Å². The maximum absolute atomic E-state index is 13.9. The summed E-state index contributed by atoms with van der Waals surface area (Å²) in [5.74, 6) is -0.434. The van der Waals surface area contributed by atoms with E-state index in [0.717, 1.165) is 6.42 Å². The highest BCUT2D eigenvalue weighted by molar-refractivity contribution is 5.90. The second-order valence-corrected chi connectivity index (χ2v) is 5.02. The van der Waals surface area contributed by atoms with Gasteiger partial charge in [-0.2, -0.15) is 0 Å². The molecule has 0 fully saturated rings. The van der Waals surface area contributed by atoms with Gasteiger partial charge in [-0.15, -0.1) is 5.10 Å². The molecular weight excluding hydrogens is 287 g/mol. The van der Waals surface area contributed by atoms with Gasteiger partial charge in [-0.05, 0) is 25.5 Å². The monoisotopic (exact) mass is 306 g/mol. The van der Waals surface area contributed by atoms with Gasteiger partial charge in [-0.25, -0.2) is 14.1 Å². The predicted molar refractivity (Wildman–Crippen MR) is 79.3 cm³/mol. The van der Waals surface area contributed by atoms with Crippen LogP contribution >= 0.6 is 0 Å². The molecule has 1 atom stereocenters. The Morgan fingerprint density at radius 2 is 2.18 bits per heavy atom. The van der Waals surface area contributed by atoms with Gasteiger partial charge in [0.25, 0.3) is 5.91 Å². The van der Waals surface area contributed by atoms with Crippen LogP contribution in [0, 0.1) is 5.82 Å². The van der Waals surface area contributed by atoms with Crippen molar-refractivity contribution in [3.8, 4) is 5.69 Å². The molecule has 0 aliphatic rings. The van der Waals surface area contributed by atoms with Crippen LogP contribution in [-0.2, 0) is 6.42 Å². The summed E-state index contributed by atoms with van der Waals surface area (Å²) in [6.07, 6.45) is 0.708. The number of rotatable bonds is 6. The SMILES string of the molecule is CCCc1nc(C(=O)NCC(C)O)nn1-c1ccccc1F. The Labute approximate surface area is 128 Å². The first-order chi connectivity index (χ1) is 10.5. The van der Waals surface area contributed by atoms with Gasteiger partial charge in [-0.1, -0.05) is 19.1 Å². The molecule has 2 rings (SSSR count). The summed E-state index contributed by atoms with van der Waals surface area (Å²) in [6, 6.07) is 6.20. The summed E-state index contributed by atoms with van der Waals surface area (Å²) < 4.78 is 15.3. The van der Waals surface area contributed by atoms with Gasteiger partial charge in [-0.3, -0.25) is 4.79 Å². The molecule has 0 saturated heterocycles. The number of nitrogens with zero attached hydrogens (tertiary/aromatic N) is 3. The summed E-state index contributed by atoms with van der Waals surface area (Å²) in [7, 11) is 0. The zero-order valence-electron chi connectivity index (χ0n) is 12.6. The largest absolute Gasteiger partial charge is 0.392 e. The molecule has 2 aromatic rings. The van der Waals surface area contributed by atoms with Crippen molar-refractivity contribution in [1.82, 2.24) is 20.1 Å². The van der Waals surface area contributed by atoms with Gasteiger partial charge in [0, 0.05) is 13.0 Å². The third-order valence-corrected chi connectivity index (χ3v) is 2.99. The van der Waals surface area contributed by atoms with Crippen LogP contribution in [0.4, 0.5) is 4.39 Å². The number of para-hydroxylation sites is 1. The normalized spacial score (nSPS) is 12.2. The first kappa shape index (κ1) is 16.1. The maximum Gasteiger partial charge on any atom is 0.291 e. The molecule has 22 heavy (non-hydrogen) atoms. The van der Waals surface area contributed by atoms with Gasteiger partial charge < -0.3 is 10.4 Å². The van der Waals surface area contributed by atoms with Crippen LogP contribution < -0.4 is 5.32 Å². The van der Waals surface area contributed by atoms with E-state index in [1.165, 1.54) is 10.7 Å². The van der Waals surface area contributed by atoms with Crippen LogP contribution in [0.15, 0.2) is 24.3 Å². The third-order valence-electron chi connectivity index (χ3n) is 2.99. The van der Waals surface area contributed by atoms with Crippen molar-refractivity contribution in [3.63, 3.8) is 0 Å². The number of halogens is 1. The molecule has 0 bridgehead atoms. The van der Waals surface area contributed by atoms with Gasteiger partial charge in [0.1, 0.15) is 17.3 Å². The summed E-state index contributed by atoms with van der Waals surface area (Å²) in [4.78, 5) is 16.2. The summed E-state index contributed by atoms with van der Waals surface area (Å²) in [5, 5.41) is 15.8. The van der Waals surface area contributed by atoms with Gasteiger partial charge in [0.2, 0.25) is 5.82 Å². The van der Waals surface area contributed by atoms with Crippen molar-refractivity contribution in [1.29, 1.82) is 0 Å². The first-order valence-corrected chi connectivity index (χ1v) is 7.20. The topological polar surface area (TPSA) is 80.0 Å². The van der Waals surface area contributed by atoms with E-state index >= 15 is 0 Å². The van der Waals surface area contributed by atoms with Crippen LogP contribution in [-0.4, -0.2) is 38.4 Å². The molecular formula is C15H19FN4O2. The Bertz CT molecular complexity index is 655. The van der Waals surface area contributed by atoms with E-state index < -0.39 is 17.8 Å². The van der Waals surface area contributed by atoms with E-state index in [9.17, 15) is 14.3 Å². The number of aryl methyl sites for hydroxylation is 1. The lowest BCUT2D eigenvalue weighted by Crippen LogP contribution is -2.31. The number of aromatic nitrogens is 3. The van der Waals surface area contributed by atoms with Crippen LogP contribution in [0.3, 0.4) is 0 Å². The van der Waals surface area contributed by atoms with Gasteiger partial charge in [0.05, 0.1) is 6.10 Å². The average Bonchev–Trinajstić information content (AvgIpc) is 2.89. The van der Waals surface area contributed by atoms with Crippen molar-refractivity contribution >= 4 is 5.91 Å². The van der Waals surface area contributed by atoms with E-state index in [1.807, 2.05) is 6.92 Å². The Morgan fingerprint density at radius 1 is 1.45 bits per heavy atom. The first-order valence-electron chi connectivity index (χ1n) is 7.20.